The van der Waals surface area contributed by atoms with E-state index in [-0.39, 0.29) is 6.04 Å². The van der Waals surface area contributed by atoms with Crippen LogP contribution in [-0.4, -0.2) is 53.4 Å². The number of aromatic nitrogens is 1. The van der Waals surface area contributed by atoms with Crippen molar-refractivity contribution in [3.63, 3.8) is 0 Å². The van der Waals surface area contributed by atoms with Gasteiger partial charge in [0.1, 0.15) is 11.0 Å². The maximum absolute atomic E-state index is 11.0. The van der Waals surface area contributed by atoms with Crippen molar-refractivity contribution in [3.05, 3.63) is 22.8 Å². The lowest BCUT2D eigenvalue weighted by molar-refractivity contribution is 0.0866. The minimum Gasteiger partial charge on any atom is -0.465 e. The highest BCUT2D eigenvalue weighted by molar-refractivity contribution is 6.29. The van der Waals surface area contributed by atoms with E-state index < -0.39 is 6.09 Å². The number of amides is 1. The maximum Gasteiger partial charge on any atom is 0.407 e. The SMILES string of the molecule is O=C(O)N1CCN2c3nc(Cl)ccc3COCC2C1. The highest BCUT2D eigenvalue weighted by Crippen LogP contribution is 2.28. The van der Waals surface area contributed by atoms with Crippen molar-refractivity contribution in [2.24, 2.45) is 0 Å². The van der Waals surface area contributed by atoms with Gasteiger partial charge in [0.15, 0.2) is 0 Å². The number of carboxylic acid groups (broad SMARTS) is 1. The van der Waals surface area contributed by atoms with Crippen LogP contribution in [0, 0.1) is 0 Å². The molecule has 2 aliphatic rings. The summed E-state index contributed by atoms with van der Waals surface area (Å²) in [5.74, 6) is 0.819. The van der Waals surface area contributed by atoms with Gasteiger partial charge >= 0.3 is 6.09 Å². The van der Waals surface area contributed by atoms with Crippen LogP contribution in [0.15, 0.2) is 12.1 Å². The summed E-state index contributed by atoms with van der Waals surface area (Å²) in [6.45, 7) is 2.50. The zero-order valence-corrected chi connectivity index (χ0v) is 11.0. The fourth-order valence-corrected chi connectivity index (χ4v) is 2.71. The summed E-state index contributed by atoms with van der Waals surface area (Å²) in [5, 5.41) is 9.51. The van der Waals surface area contributed by atoms with E-state index in [0.29, 0.717) is 38.0 Å². The highest BCUT2D eigenvalue weighted by Gasteiger charge is 2.33. The molecule has 19 heavy (non-hydrogen) atoms. The number of hydrogen-bond donors (Lipinski definition) is 1. The number of pyridine rings is 1. The van der Waals surface area contributed by atoms with Gasteiger partial charge in [-0.15, -0.1) is 0 Å². The summed E-state index contributed by atoms with van der Waals surface area (Å²) >= 11 is 5.96. The smallest absolute Gasteiger partial charge is 0.407 e. The van der Waals surface area contributed by atoms with Gasteiger partial charge in [-0.3, -0.25) is 0 Å². The maximum atomic E-state index is 11.0. The number of carbonyl (C=O) groups is 1. The minimum atomic E-state index is -0.886. The Morgan fingerprint density at radius 2 is 2.32 bits per heavy atom. The average Bonchev–Trinajstić information content (AvgIpc) is 2.57. The van der Waals surface area contributed by atoms with Gasteiger partial charge in [-0.2, -0.15) is 0 Å². The van der Waals surface area contributed by atoms with E-state index in [4.69, 9.17) is 21.4 Å². The van der Waals surface area contributed by atoms with Crippen molar-refractivity contribution in [1.82, 2.24) is 9.88 Å². The van der Waals surface area contributed by atoms with Crippen molar-refractivity contribution in [2.45, 2.75) is 12.6 Å². The molecule has 1 unspecified atom stereocenters. The van der Waals surface area contributed by atoms with E-state index in [9.17, 15) is 4.79 Å². The van der Waals surface area contributed by atoms with Crippen LogP contribution in [-0.2, 0) is 11.3 Å². The van der Waals surface area contributed by atoms with E-state index in [1.165, 1.54) is 4.90 Å². The van der Waals surface area contributed by atoms with Crippen LogP contribution in [0.3, 0.4) is 0 Å². The number of piperazine rings is 1. The lowest BCUT2D eigenvalue weighted by Gasteiger charge is -2.40. The second-order valence-electron chi connectivity index (χ2n) is 4.71. The fraction of sp³-hybridized carbons (Fsp3) is 0.500. The standard InChI is InChI=1S/C12H14ClN3O3/c13-10-2-1-8-6-19-7-9-5-15(12(17)18)3-4-16(9)11(8)14-10/h1-2,9H,3-7H2,(H,17,18). The van der Waals surface area contributed by atoms with Crippen molar-refractivity contribution >= 4 is 23.5 Å². The molecule has 2 aliphatic heterocycles. The molecule has 1 aromatic rings. The molecule has 0 saturated carbocycles. The monoisotopic (exact) mass is 283 g/mol. The van der Waals surface area contributed by atoms with Crippen LogP contribution in [0.25, 0.3) is 0 Å². The van der Waals surface area contributed by atoms with Crippen LogP contribution in [0.1, 0.15) is 5.56 Å². The predicted molar refractivity (Wildman–Crippen MR) is 69.6 cm³/mol. The van der Waals surface area contributed by atoms with Crippen LogP contribution in [0.2, 0.25) is 5.15 Å². The molecule has 6 nitrogen and oxygen atoms in total. The summed E-state index contributed by atoms with van der Waals surface area (Å²) in [5.41, 5.74) is 0.996. The molecule has 0 bridgehead atoms. The lowest BCUT2D eigenvalue weighted by Crippen LogP contribution is -2.56. The Labute approximate surface area is 115 Å². The summed E-state index contributed by atoms with van der Waals surface area (Å²) < 4.78 is 5.61. The Bertz CT molecular complexity index is 511. The quantitative estimate of drug-likeness (QED) is 0.730. The number of hydrogen-bond acceptors (Lipinski definition) is 4. The van der Waals surface area contributed by atoms with Crippen LogP contribution in [0.4, 0.5) is 10.6 Å². The fourth-order valence-electron chi connectivity index (χ4n) is 2.57. The van der Waals surface area contributed by atoms with Crippen molar-refractivity contribution in [2.75, 3.05) is 31.1 Å². The lowest BCUT2D eigenvalue weighted by atomic mass is 10.1. The molecular formula is C12H14ClN3O3. The topological polar surface area (TPSA) is 65.9 Å². The van der Waals surface area contributed by atoms with Crippen molar-refractivity contribution in [1.29, 1.82) is 0 Å². The summed E-state index contributed by atoms with van der Waals surface area (Å²) in [4.78, 5) is 18.9. The molecule has 1 saturated heterocycles. The van der Waals surface area contributed by atoms with Gasteiger partial charge in [-0.1, -0.05) is 11.6 Å². The van der Waals surface area contributed by atoms with Gasteiger partial charge in [0.25, 0.3) is 0 Å². The van der Waals surface area contributed by atoms with Gasteiger partial charge in [-0.25, -0.2) is 9.78 Å². The van der Waals surface area contributed by atoms with Gasteiger partial charge in [0, 0.05) is 25.2 Å². The summed E-state index contributed by atoms with van der Waals surface area (Å²) in [6, 6.07) is 3.66. The molecule has 3 rings (SSSR count). The first-order valence-electron chi connectivity index (χ1n) is 6.13. The second kappa shape index (κ2) is 4.86. The van der Waals surface area contributed by atoms with E-state index in [1.54, 1.807) is 6.07 Å². The number of fused-ring (bicyclic) bond motifs is 3. The molecule has 3 heterocycles. The molecule has 0 radical (unpaired) electrons. The molecule has 102 valence electrons. The Balaban J connectivity index is 1.91. The zero-order chi connectivity index (χ0) is 13.4. The van der Waals surface area contributed by atoms with E-state index in [2.05, 4.69) is 9.88 Å². The average molecular weight is 284 g/mol. The molecule has 0 aromatic carbocycles. The second-order valence-corrected chi connectivity index (χ2v) is 5.09. The molecule has 1 aromatic heterocycles. The molecule has 1 amide bonds. The van der Waals surface area contributed by atoms with Gasteiger partial charge in [0.05, 0.1) is 19.3 Å². The predicted octanol–water partition coefficient (Wildman–Crippen LogP) is 1.43. The molecule has 1 N–H and O–H groups in total. The first-order chi connectivity index (χ1) is 9.15. The van der Waals surface area contributed by atoms with Gasteiger partial charge in [-0.05, 0) is 12.1 Å². The third-order valence-electron chi connectivity index (χ3n) is 3.52. The van der Waals surface area contributed by atoms with E-state index in [1.807, 2.05) is 6.07 Å². The highest BCUT2D eigenvalue weighted by atomic mass is 35.5. The molecule has 0 aliphatic carbocycles. The van der Waals surface area contributed by atoms with E-state index >= 15 is 0 Å². The largest absolute Gasteiger partial charge is 0.465 e. The van der Waals surface area contributed by atoms with Crippen LogP contribution in [0.5, 0.6) is 0 Å². The van der Waals surface area contributed by atoms with Crippen LogP contribution < -0.4 is 4.90 Å². The molecular weight excluding hydrogens is 270 g/mol. The minimum absolute atomic E-state index is 0.00272. The summed E-state index contributed by atoms with van der Waals surface area (Å²) in [7, 11) is 0. The number of anilines is 1. The first-order valence-corrected chi connectivity index (χ1v) is 6.50. The molecule has 1 atom stereocenters. The first kappa shape index (κ1) is 12.5. The molecule has 1 fully saturated rings. The number of ether oxygens (including phenoxy) is 1. The summed E-state index contributed by atoms with van der Waals surface area (Å²) in [6.07, 6.45) is -0.886. The van der Waals surface area contributed by atoms with Crippen molar-refractivity contribution in [3.8, 4) is 0 Å². The molecule has 7 heteroatoms. The number of nitrogens with zero attached hydrogens (tertiary/aromatic N) is 3. The van der Waals surface area contributed by atoms with Crippen molar-refractivity contribution < 1.29 is 14.6 Å². The Kier molecular flexibility index (Phi) is 3.20. The third-order valence-corrected chi connectivity index (χ3v) is 3.73. The normalized spacial score (nSPS) is 22.5. The zero-order valence-electron chi connectivity index (χ0n) is 10.3. The third kappa shape index (κ3) is 2.33. The molecule has 0 spiro atoms. The Hall–Kier alpha value is -1.53. The van der Waals surface area contributed by atoms with Gasteiger partial charge < -0.3 is 19.6 Å². The van der Waals surface area contributed by atoms with Crippen LogP contribution >= 0.6 is 11.6 Å². The Morgan fingerprint density at radius 1 is 1.47 bits per heavy atom. The Morgan fingerprint density at radius 3 is 3.11 bits per heavy atom. The number of halogens is 1. The van der Waals surface area contributed by atoms with Gasteiger partial charge in [0.2, 0.25) is 0 Å². The van der Waals surface area contributed by atoms with E-state index in [0.717, 1.165) is 11.4 Å². The number of rotatable bonds is 0.